The number of urea groups is 1. The Kier molecular flexibility index (Phi) is 5.41. The van der Waals surface area contributed by atoms with E-state index in [0.717, 1.165) is 56.0 Å². The molecular weight excluding hydrogens is 338 g/mol. The van der Waals surface area contributed by atoms with E-state index in [9.17, 15) is 4.79 Å². The first-order valence-electron chi connectivity index (χ1n) is 10.2. The van der Waals surface area contributed by atoms with Crippen LogP contribution in [0.2, 0.25) is 0 Å². The first-order valence-corrected chi connectivity index (χ1v) is 10.2. The van der Waals surface area contributed by atoms with Crippen molar-refractivity contribution in [2.75, 3.05) is 13.1 Å². The third-order valence-corrected chi connectivity index (χ3v) is 5.91. The van der Waals surface area contributed by atoms with Gasteiger partial charge in [0.05, 0.1) is 0 Å². The van der Waals surface area contributed by atoms with Gasteiger partial charge >= 0.3 is 6.03 Å². The van der Waals surface area contributed by atoms with E-state index in [1.54, 1.807) is 0 Å². The molecule has 27 heavy (non-hydrogen) atoms. The largest absolute Gasteiger partial charge is 0.335 e. The third-order valence-electron chi connectivity index (χ3n) is 5.91. The molecule has 0 unspecified atom stereocenters. The van der Waals surface area contributed by atoms with Crippen molar-refractivity contribution in [1.29, 1.82) is 0 Å². The summed E-state index contributed by atoms with van der Waals surface area (Å²) in [7, 11) is 0. The van der Waals surface area contributed by atoms with E-state index >= 15 is 0 Å². The fourth-order valence-electron chi connectivity index (χ4n) is 4.16. The van der Waals surface area contributed by atoms with E-state index in [1.807, 2.05) is 4.90 Å². The molecule has 2 N–H and O–H groups in total. The Morgan fingerprint density at radius 3 is 2.48 bits per heavy atom. The topological polar surface area (TPSA) is 73.9 Å². The summed E-state index contributed by atoms with van der Waals surface area (Å²) >= 11 is 0. The monoisotopic (exact) mass is 367 g/mol. The molecule has 1 aliphatic carbocycles. The molecule has 1 aromatic carbocycles. The number of aromatic nitrogens is 3. The zero-order valence-electron chi connectivity index (χ0n) is 16.1. The minimum Gasteiger partial charge on any atom is -0.335 e. The number of aromatic amines is 1. The lowest BCUT2D eigenvalue weighted by Crippen LogP contribution is -2.48. The molecule has 6 heteroatoms. The molecule has 0 atom stereocenters. The summed E-state index contributed by atoms with van der Waals surface area (Å²) in [4.78, 5) is 19.2. The highest BCUT2D eigenvalue weighted by Crippen LogP contribution is 2.27. The highest BCUT2D eigenvalue weighted by atomic mass is 16.2. The lowest BCUT2D eigenvalue weighted by Gasteiger charge is -2.33. The number of aryl methyl sites for hydroxylation is 1. The fourth-order valence-corrected chi connectivity index (χ4v) is 4.16. The van der Waals surface area contributed by atoms with Crippen LogP contribution in [0.1, 0.15) is 62.3 Å². The number of carbonyl (C=O) groups is 1. The number of nitrogens with zero attached hydrogens (tertiary/aromatic N) is 3. The predicted molar refractivity (Wildman–Crippen MR) is 106 cm³/mol. The quantitative estimate of drug-likeness (QED) is 0.861. The molecule has 2 aromatic rings. The maximum absolute atomic E-state index is 12.5. The van der Waals surface area contributed by atoms with E-state index in [2.05, 4.69) is 46.7 Å². The molecule has 2 amide bonds. The normalized spacial score (nSPS) is 19.2. The van der Waals surface area contributed by atoms with Gasteiger partial charge in [-0.2, -0.15) is 5.10 Å². The van der Waals surface area contributed by atoms with Crippen molar-refractivity contribution in [2.24, 2.45) is 0 Å². The van der Waals surface area contributed by atoms with Crippen LogP contribution in [-0.2, 0) is 0 Å². The minimum atomic E-state index is 0.110. The van der Waals surface area contributed by atoms with Gasteiger partial charge in [-0.3, -0.25) is 5.10 Å². The van der Waals surface area contributed by atoms with Crippen LogP contribution in [0.15, 0.2) is 24.3 Å². The Balaban J connectivity index is 1.31. The van der Waals surface area contributed by atoms with Crippen LogP contribution in [0, 0.1) is 6.92 Å². The van der Waals surface area contributed by atoms with Gasteiger partial charge in [0.25, 0.3) is 0 Å². The average Bonchev–Trinajstić information content (AvgIpc) is 3.20. The lowest BCUT2D eigenvalue weighted by atomic mass is 9.95. The molecule has 0 radical (unpaired) electrons. The first kappa shape index (κ1) is 18.0. The van der Waals surface area contributed by atoms with Crippen LogP contribution in [0.5, 0.6) is 0 Å². The summed E-state index contributed by atoms with van der Waals surface area (Å²) in [5.41, 5.74) is 2.26. The van der Waals surface area contributed by atoms with E-state index in [1.165, 1.54) is 24.8 Å². The van der Waals surface area contributed by atoms with E-state index in [4.69, 9.17) is 4.98 Å². The van der Waals surface area contributed by atoms with Crippen molar-refractivity contribution in [3.63, 3.8) is 0 Å². The summed E-state index contributed by atoms with van der Waals surface area (Å²) in [6.07, 6.45) is 7.90. The first-order chi connectivity index (χ1) is 13.2. The molecule has 1 saturated heterocycles. The highest BCUT2D eigenvalue weighted by molar-refractivity contribution is 5.74. The summed E-state index contributed by atoms with van der Waals surface area (Å²) in [6, 6.07) is 8.75. The van der Waals surface area contributed by atoms with Gasteiger partial charge in [0.15, 0.2) is 5.82 Å². The van der Waals surface area contributed by atoms with Crippen molar-refractivity contribution in [3.8, 4) is 11.4 Å². The van der Waals surface area contributed by atoms with Crippen molar-refractivity contribution < 1.29 is 4.79 Å². The van der Waals surface area contributed by atoms with E-state index in [0.29, 0.717) is 12.0 Å². The minimum absolute atomic E-state index is 0.110. The molecule has 4 rings (SSSR count). The number of carbonyl (C=O) groups excluding carboxylic acids is 1. The Bertz CT molecular complexity index is 755. The van der Waals surface area contributed by atoms with Crippen molar-refractivity contribution in [1.82, 2.24) is 25.4 Å². The molecule has 144 valence electrons. The second-order valence-electron chi connectivity index (χ2n) is 7.96. The molecule has 1 saturated carbocycles. The van der Waals surface area contributed by atoms with Gasteiger partial charge in [0, 0.05) is 30.6 Å². The maximum atomic E-state index is 12.5. The second kappa shape index (κ2) is 8.11. The molecule has 1 aliphatic heterocycles. The number of amides is 2. The Labute approximate surface area is 160 Å². The molecule has 2 aliphatic rings. The summed E-state index contributed by atoms with van der Waals surface area (Å²) in [6.45, 7) is 3.64. The summed E-state index contributed by atoms with van der Waals surface area (Å²) in [5.74, 6) is 2.04. The maximum Gasteiger partial charge on any atom is 0.317 e. The van der Waals surface area contributed by atoms with Crippen molar-refractivity contribution in [2.45, 2.75) is 63.8 Å². The molecule has 1 aromatic heterocycles. The predicted octanol–water partition coefficient (Wildman–Crippen LogP) is 4.00. The number of benzene rings is 1. The number of H-pyrrole nitrogens is 1. The molecule has 2 heterocycles. The number of hydrogen-bond acceptors (Lipinski definition) is 3. The van der Waals surface area contributed by atoms with Gasteiger partial charge in [-0.05, 0) is 32.6 Å². The molecule has 6 nitrogen and oxygen atoms in total. The Morgan fingerprint density at radius 1 is 1.07 bits per heavy atom. The highest BCUT2D eigenvalue weighted by Gasteiger charge is 2.27. The summed E-state index contributed by atoms with van der Waals surface area (Å²) < 4.78 is 0. The fraction of sp³-hybridized carbons (Fsp3) is 0.571. The van der Waals surface area contributed by atoms with Crippen LogP contribution >= 0.6 is 0 Å². The molecule has 2 fully saturated rings. The van der Waals surface area contributed by atoms with Crippen molar-refractivity contribution >= 4 is 6.03 Å². The van der Waals surface area contributed by atoms with Gasteiger partial charge in [0.1, 0.15) is 5.82 Å². The van der Waals surface area contributed by atoms with Crippen LogP contribution in [0.4, 0.5) is 4.79 Å². The van der Waals surface area contributed by atoms with Gasteiger partial charge in [-0.15, -0.1) is 0 Å². The SMILES string of the molecule is Cc1ccc(-c2n[nH]c(C3CCN(C(=O)NC4CCCCC4)CC3)n2)cc1. The van der Waals surface area contributed by atoms with Gasteiger partial charge in [0.2, 0.25) is 0 Å². The standard InChI is InChI=1S/C21H29N5O/c1-15-7-9-16(10-8-15)19-23-20(25-24-19)17-11-13-26(14-12-17)21(27)22-18-5-3-2-4-6-18/h7-10,17-18H,2-6,11-14H2,1H3,(H,22,27)(H,23,24,25). The number of piperidine rings is 1. The Hall–Kier alpha value is -2.37. The second-order valence-corrected chi connectivity index (χ2v) is 7.96. The molecule has 0 spiro atoms. The smallest absolute Gasteiger partial charge is 0.317 e. The molecular formula is C21H29N5O. The zero-order chi connectivity index (χ0) is 18.6. The Morgan fingerprint density at radius 2 is 1.78 bits per heavy atom. The number of hydrogen-bond donors (Lipinski definition) is 2. The van der Waals surface area contributed by atoms with Crippen LogP contribution in [0.3, 0.4) is 0 Å². The van der Waals surface area contributed by atoms with Gasteiger partial charge < -0.3 is 10.2 Å². The lowest BCUT2D eigenvalue weighted by molar-refractivity contribution is 0.173. The molecule has 0 bridgehead atoms. The van der Waals surface area contributed by atoms with Crippen LogP contribution < -0.4 is 5.32 Å². The van der Waals surface area contributed by atoms with Crippen LogP contribution in [-0.4, -0.2) is 45.2 Å². The van der Waals surface area contributed by atoms with Gasteiger partial charge in [-0.25, -0.2) is 9.78 Å². The number of rotatable bonds is 3. The number of likely N-dealkylation sites (tertiary alicyclic amines) is 1. The third kappa shape index (κ3) is 4.31. The summed E-state index contributed by atoms with van der Waals surface area (Å²) in [5, 5.41) is 10.7. The zero-order valence-corrected chi connectivity index (χ0v) is 16.1. The van der Waals surface area contributed by atoms with Crippen LogP contribution in [0.25, 0.3) is 11.4 Å². The van der Waals surface area contributed by atoms with E-state index in [-0.39, 0.29) is 6.03 Å². The van der Waals surface area contributed by atoms with Gasteiger partial charge in [-0.1, -0.05) is 49.1 Å². The van der Waals surface area contributed by atoms with Crippen molar-refractivity contribution in [3.05, 3.63) is 35.7 Å². The average molecular weight is 367 g/mol. The number of nitrogens with one attached hydrogen (secondary N) is 2. The van der Waals surface area contributed by atoms with E-state index < -0.39 is 0 Å².